The summed E-state index contributed by atoms with van der Waals surface area (Å²) >= 11 is 11.4. The summed E-state index contributed by atoms with van der Waals surface area (Å²) in [5, 5.41) is 3.71. The molecule has 1 atom stereocenters. The summed E-state index contributed by atoms with van der Waals surface area (Å²) in [6, 6.07) is 10.4. The lowest BCUT2D eigenvalue weighted by atomic mass is 10.2. The lowest BCUT2D eigenvalue weighted by Gasteiger charge is -2.16. The van der Waals surface area contributed by atoms with E-state index in [1.54, 1.807) is 31.3 Å². The second-order valence-corrected chi connectivity index (χ2v) is 5.86. The van der Waals surface area contributed by atoms with Gasteiger partial charge in [0.2, 0.25) is 0 Å². The van der Waals surface area contributed by atoms with Crippen LogP contribution >= 0.6 is 23.8 Å². The summed E-state index contributed by atoms with van der Waals surface area (Å²) in [4.78, 5) is 17.7. The van der Waals surface area contributed by atoms with Crippen molar-refractivity contribution in [1.82, 2.24) is 10.3 Å². The number of carbonyl (C=O) groups excluding carboxylic acids is 1. The van der Waals surface area contributed by atoms with E-state index < -0.39 is 0 Å². The number of amides is 1. The Bertz CT molecular complexity index is 754. The third kappa shape index (κ3) is 3.28. The number of hydrogen-bond acceptors (Lipinski definition) is 4. The molecule has 1 N–H and O–H groups in total. The van der Waals surface area contributed by atoms with E-state index in [0.717, 1.165) is 5.69 Å². The summed E-state index contributed by atoms with van der Waals surface area (Å²) in [7, 11) is 0. The molecule has 0 aliphatic carbocycles. The van der Waals surface area contributed by atoms with Gasteiger partial charge >= 0.3 is 0 Å². The summed E-state index contributed by atoms with van der Waals surface area (Å²) < 4.78 is 5.67. The number of aromatic nitrogens is 1. The number of halogens is 1. The molecule has 0 spiro atoms. The van der Waals surface area contributed by atoms with Crippen LogP contribution in [0.4, 0.5) is 5.69 Å². The van der Waals surface area contributed by atoms with Gasteiger partial charge in [0.05, 0.1) is 16.4 Å². The SMILES string of the molecule is C[C@H]1NC(=S)N(c2ccc(OCc3ccccn3)c(Cl)c2)C1=O. The van der Waals surface area contributed by atoms with E-state index in [0.29, 0.717) is 28.2 Å². The van der Waals surface area contributed by atoms with Gasteiger partial charge in [0, 0.05) is 6.20 Å². The van der Waals surface area contributed by atoms with Gasteiger partial charge in [-0.2, -0.15) is 0 Å². The van der Waals surface area contributed by atoms with Gasteiger partial charge in [-0.15, -0.1) is 0 Å². The number of ether oxygens (including phenoxy) is 1. The van der Waals surface area contributed by atoms with Crippen molar-refractivity contribution >= 4 is 40.5 Å². The summed E-state index contributed by atoms with van der Waals surface area (Å²) in [6.07, 6.45) is 1.71. The third-order valence-corrected chi connectivity index (χ3v) is 4.01. The van der Waals surface area contributed by atoms with Gasteiger partial charge in [0.15, 0.2) is 5.11 Å². The van der Waals surface area contributed by atoms with Gasteiger partial charge in [-0.3, -0.25) is 14.7 Å². The van der Waals surface area contributed by atoms with Crippen molar-refractivity contribution in [2.75, 3.05) is 4.90 Å². The highest BCUT2D eigenvalue weighted by molar-refractivity contribution is 7.80. The minimum Gasteiger partial charge on any atom is -0.486 e. The maximum Gasteiger partial charge on any atom is 0.255 e. The molecule has 0 bridgehead atoms. The van der Waals surface area contributed by atoms with Crippen molar-refractivity contribution in [2.24, 2.45) is 0 Å². The van der Waals surface area contributed by atoms with Crippen LogP contribution in [0.1, 0.15) is 12.6 Å². The fraction of sp³-hybridized carbons (Fsp3) is 0.188. The van der Waals surface area contributed by atoms with E-state index in [9.17, 15) is 4.79 Å². The van der Waals surface area contributed by atoms with E-state index in [1.807, 2.05) is 18.2 Å². The van der Waals surface area contributed by atoms with Gasteiger partial charge in [-0.25, -0.2) is 0 Å². The molecule has 5 nitrogen and oxygen atoms in total. The van der Waals surface area contributed by atoms with Gasteiger partial charge in [0.1, 0.15) is 18.4 Å². The van der Waals surface area contributed by atoms with Crippen LogP contribution in [0.5, 0.6) is 5.75 Å². The molecule has 1 aromatic carbocycles. The maximum absolute atomic E-state index is 12.1. The zero-order valence-corrected chi connectivity index (χ0v) is 13.9. The van der Waals surface area contributed by atoms with Crippen LogP contribution in [0.3, 0.4) is 0 Å². The Labute approximate surface area is 144 Å². The van der Waals surface area contributed by atoms with E-state index in [2.05, 4.69) is 10.3 Å². The Kier molecular flexibility index (Phi) is 4.45. The molecule has 0 unspecified atom stereocenters. The van der Waals surface area contributed by atoms with Crippen molar-refractivity contribution in [3.63, 3.8) is 0 Å². The summed E-state index contributed by atoms with van der Waals surface area (Å²) in [5.41, 5.74) is 1.42. The molecule has 1 aliphatic rings. The molecule has 1 aliphatic heterocycles. The largest absolute Gasteiger partial charge is 0.486 e. The summed E-state index contributed by atoms with van der Waals surface area (Å²) in [5.74, 6) is 0.424. The smallest absolute Gasteiger partial charge is 0.255 e. The average molecular weight is 348 g/mol. The van der Waals surface area contributed by atoms with Crippen LogP contribution in [0, 0.1) is 0 Å². The predicted octanol–water partition coefficient (Wildman–Crippen LogP) is 2.92. The Hall–Kier alpha value is -2.18. The van der Waals surface area contributed by atoms with E-state index >= 15 is 0 Å². The minimum absolute atomic E-state index is 0.103. The Morgan fingerprint density at radius 1 is 1.39 bits per heavy atom. The molecule has 1 amide bonds. The number of pyridine rings is 1. The number of nitrogens with one attached hydrogen (secondary N) is 1. The Morgan fingerprint density at radius 3 is 2.83 bits per heavy atom. The van der Waals surface area contributed by atoms with Gasteiger partial charge < -0.3 is 10.1 Å². The van der Waals surface area contributed by atoms with E-state index in [4.69, 9.17) is 28.6 Å². The fourth-order valence-electron chi connectivity index (χ4n) is 2.23. The fourth-order valence-corrected chi connectivity index (χ4v) is 2.83. The molecule has 0 radical (unpaired) electrons. The highest BCUT2D eigenvalue weighted by atomic mass is 35.5. The first-order chi connectivity index (χ1) is 11.1. The number of nitrogens with zero attached hydrogens (tertiary/aromatic N) is 2. The van der Waals surface area contributed by atoms with Crippen LogP contribution in [0.15, 0.2) is 42.6 Å². The molecule has 7 heteroatoms. The van der Waals surface area contributed by atoms with Crippen molar-refractivity contribution in [3.05, 3.63) is 53.3 Å². The predicted molar refractivity (Wildman–Crippen MR) is 92.7 cm³/mol. The van der Waals surface area contributed by atoms with Crippen molar-refractivity contribution in [2.45, 2.75) is 19.6 Å². The van der Waals surface area contributed by atoms with Gasteiger partial charge in [-0.05, 0) is 49.5 Å². The normalized spacial score (nSPS) is 17.3. The molecule has 23 heavy (non-hydrogen) atoms. The average Bonchev–Trinajstić information content (AvgIpc) is 2.80. The van der Waals surface area contributed by atoms with Crippen LogP contribution in [0.2, 0.25) is 5.02 Å². The number of anilines is 1. The molecule has 1 saturated heterocycles. The molecule has 118 valence electrons. The number of benzene rings is 1. The quantitative estimate of drug-likeness (QED) is 0.862. The number of carbonyl (C=O) groups is 1. The van der Waals surface area contributed by atoms with Crippen molar-refractivity contribution in [3.8, 4) is 5.75 Å². The first kappa shape index (κ1) is 15.7. The van der Waals surface area contributed by atoms with Crippen molar-refractivity contribution < 1.29 is 9.53 Å². The zero-order chi connectivity index (χ0) is 16.4. The highest BCUT2D eigenvalue weighted by Gasteiger charge is 2.33. The second kappa shape index (κ2) is 6.52. The van der Waals surface area contributed by atoms with Crippen LogP contribution in [0.25, 0.3) is 0 Å². The van der Waals surface area contributed by atoms with Gasteiger partial charge in [0.25, 0.3) is 5.91 Å². The molecule has 3 rings (SSSR count). The molecule has 1 fully saturated rings. The molecule has 1 aromatic heterocycles. The first-order valence-electron chi connectivity index (χ1n) is 7.03. The lowest BCUT2D eigenvalue weighted by molar-refractivity contribution is -0.117. The maximum atomic E-state index is 12.1. The van der Waals surface area contributed by atoms with E-state index in [-0.39, 0.29) is 11.9 Å². The topological polar surface area (TPSA) is 54.5 Å². The monoisotopic (exact) mass is 347 g/mol. The Balaban J connectivity index is 1.76. The van der Waals surface area contributed by atoms with Crippen LogP contribution in [-0.2, 0) is 11.4 Å². The van der Waals surface area contributed by atoms with Crippen LogP contribution in [-0.4, -0.2) is 22.0 Å². The molecular formula is C16H14ClN3O2S. The number of thiocarbonyl (C=S) groups is 1. The third-order valence-electron chi connectivity index (χ3n) is 3.41. The molecular weight excluding hydrogens is 334 g/mol. The molecule has 2 heterocycles. The van der Waals surface area contributed by atoms with Crippen molar-refractivity contribution in [1.29, 1.82) is 0 Å². The van der Waals surface area contributed by atoms with E-state index in [1.165, 1.54) is 4.90 Å². The highest BCUT2D eigenvalue weighted by Crippen LogP contribution is 2.31. The minimum atomic E-state index is -0.332. The number of rotatable bonds is 4. The van der Waals surface area contributed by atoms with Crippen LogP contribution < -0.4 is 15.0 Å². The molecule has 0 saturated carbocycles. The molecule has 2 aromatic rings. The first-order valence-corrected chi connectivity index (χ1v) is 7.81. The Morgan fingerprint density at radius 2 is 2.22 bits per heavy atom. The second-order valence-electron chi connectivity index (χ2n) is 5.07. The van der Waals surface area contributed by atoms with Gasteiger partial charge in [-0.1, -0.05) is 17.7 Å². The number of hydrogen-bond donors (Lipinski definition) is 1. The lowest BCUT2D eigenvalue weighted by Crippen LogP contribution is -2.30. The zero-order valence-electron chi connectivity index (χ0n) is 12.3. The standard InChI is InChI=1S/C16H14ClN3O2S/c1-10-15(21)20(16(23)19-10)12-5-6-14(13(17)8-12)22-9-11-4-2-3-7-18-11/h2-8,10H,9H2,1H3,(H,19,23)/t10-/m1/s1. The summed E-state index contributed by atoms with van der Waals surface area (Å²) in [6.45, 7) is 2.08.